The summed E-state index contributed by atoms with van der Waals surface area (Å²) in [5.41, 5.74) is 1.12. The van der Waals surface area contributed by atoms with Gasteiger partial charge in [0.2, 0.25) is 11.1 Å². The van der Waals surface area contributed by atoms with Gasteiger partial charge < -0.3 is 9.64 Å². The first-order chi connectivity index (χ1) is 11.2. The van der Waals surface area contributed by atoms with Crippen molar-refractivity contribution in [3.8, 4) is 0 Å². The van der Waals surface area contributed by atoms with Crippen molar-refractivity contribution in [1.82, 2.24) is 25.1 Å². The first kappa shape index (κ1) is 15.9. The highest BCUT2D eigenvalue weighted by Gasteiger charge is 2.22. The van der Waals surface area contributed by atoms with Crippen molar-refractivity contribution in [2.75, 3.05) is 25.4 Å². The van der Waals surface area contributed by atoms with Gasteiger partial charge in [-0.2, -0.15) is 0 Å². The van der Waals surface area contributed by atoms with Gasteiger partial charge in [-0.05, 0) is 22.9 Å². The van der Waals surface area contributed by atoms with Crippen LogP contribution >= 0.6 is 11.8 Å². The Morgan fingerprint density at radius 2 is 2.22 bits per heavy atom. The van der Waals surface area contributed by atoms with Crippen LogP contribution in [0.2, 0.25) is 0 Å². The number of benzene rings is 1. The standard InChI is InChI=1S/C15H19N5O2S/c1-12-9-19(7-8-22-12)14(21)11-23-15-16-17-18-20(15)10-13-5-3-2-4-6-13/h2-6,12H,7-11H2,1H3. The smallest absolute Gasteiger partial charge is 0.233 e. The molecule has 7 nitrogen and oxygen atoms in total. The van der Waals surface area contributed by atoms with Crippen LogP contribution in [0.1, 0.15) is 12.5 Å². The lowest BCUT2D eigenvalue weighted by molar-refractivity contribution is -0.135. The summed E-state index contributed by atoms with van der Waals surface area (Å²) in [5, 5.41) is 12.4. The Labute approximate surface area is 139 Å². The summed E-state index contributed by atoms with van der Waals surface area (Å²) in [6.07, 6.45) is 0.0982. The molecule has 122 valence electrons. The first-order valence-corrected chi connectivity index (χ1v) is 8.53. The second-order valence-corrected chi connectivity index (χ2v) is 6.36. The molecular weight excluding hydrogens is 314 g/mol. The van der Waals surface area contributed by atoms with E-state index in [0.717, 1.165) is 5.56 Å². The molecule has 1 unspecified atom stereocenters. The predicted molar refractivity (Wildman–Crippen MR) is 86.1 cm³/mol. The van der Waals surface area contributed by atoms with Crippen LogP contribution in [0.15, 0.2) is 35.5 Å². The van der Waals surface area contributed by atoms with E-state index >= 15 is 0 Å². The molecule has 3 rings (SSSR count). The van der Waals surface area contributed by atoms with Gasteiger partial charge >= 0.3 is 0 Å². The Morgan fingerprint density at radius 3 is 3.00 bits per heavy atom. The number of aromatic nitrogens is 4. The zero-order valence-corrected chi connectivity index (χ0v) is 13.8. The van der Waals surface area contributed by atoms with Gasteiger partial charge in [-0.1, -0.05) is 42.1 Å². The minimum atomic E-state index is 0.0967. The third kappa shape index (κ3) is 4.29. The topological polar surface area (TPSA) is 73.1 Å². The van der Waals surface area contributed by atoms with Crippen LogP contribution in [0.3, 0.4) is 0 Å². The zero-order valence-electron chi connectivity index (χ0n) is 13.0. The summed E-state index contributed by atoms with van der Waals surface area (Å²) in [5.74, 6) is 0.432. The number of carbonyl (C=O) groups excluding carboxylic acids is 1. The van der Waals surface area contributed by atoms with Crippen molar-refractivity contribution >= 4 is 17.7 Å². The van der Waals surface area contributed by atoms with Gasteiger partial charge in [0.15, 0.2) is 0 Å². The SMILES string of the molecule is CC1CN(C(=O)CSc2nnnn2Cc2ccccc2)CCO1. The Balaban J connectivity index is 1.56. The molecule has 0 bridgehead atoms. The first-order valence-electron chi connectivity index (χ1n) is 7.54. The molecule has 1 aliphatic heterocycles. The number of amides is 1. The van der Waals surface area contributed by atoms with Crippen LogP contribution in [0.25, 0.3) is 0 Å². The second-order valence-electron chi connectivity index (χ2n) is 5.41. The largest absolute Gasteiger partial charge is 0.375 e. The number of hydrogen-bond acceptors (Lipinski definition) is 6. The van der Waals surface area contributed by atoms with E-state index in [1.807, 2.05) is 42.2 Å². The number of nitrogens with zero attached hydrogens (tertiary/aromatic N) is 5. The summed E-state index contributed by atoms with van der Waals surface area (Å²) >= 11 is 1.37. The summed E-state index contributed by atoms with van der Waals surface area (Å²) in [7, 11) is 0. The molecule has 0 radical (unpaired) electrons. The molecule has 1 fully saturated rings. The van der Waals surface area contributed by atoms with E-state index in [9.17, 15) is 4.79 Å². The van der Waals surface area contributed by atoms with Crippen molar-refractivity contribution in [2.45, 2.75) is 24.7 Å². The minimum Gasteiger partial charge on any atom is -0.375 e. The summed E-state index contributed by atoms with van der Waals surface area (Å²) in [4.78, 5) is 14.1. The molecular formula is C15H19N5O2S. The molecule has 1 atom stereocenters. The van der Waals surface area contributed by atoms with E-state index in [1.165, 1.54) is 11.8 Å². The second kappa shape index (κ2) is 7.56. The van der Waals surface area contributed by atoms with Crippen molar-refractivity contribution in [1.29, 1.82) is 0 Å². The van der Waals surface area contributed by atoms with Crippen LogP contribution in [0, 0.1) is 0 Å². The quantitative estimate of drug-likeness (QED) is 0.762. The lowest BCUT2D eigenvalue weighted by Crippen LogP contribution is -2.45. The van der Waals surface area contributed by atoms with E-state index in [0.29, 0.717) is 37.2 Å². The average Bonchev–Trinajstić information content (AvgIpc) is 3.00. The molecule has 23 heavy (non-hydrogen) atoms. The molecule has 1 aliphatic rings. The van der Waals surface area contributed by atoms with Crippen molar-refractivity contribution < 1.29 is 9.53 Å². The lowest BCUT2D eigenvalue weighted by Gasteiger charge is -2.31. The highest BCUT2D eigenvalue weighted by atomic mass is 32.2. The highest BCUT2D eigenvalue weighted by molar-refractivity contribution is 7.99. The number of ether oxygens (including phenoxy) is 1. The lowest BCUT2D eigenvalue weighted by atomic mass is 10.2. The Bertz CT molecular complexity index is 648. The van der Waals surface area contributed by atoms with Gasteiger partial charge in [0.05, 0.1) is 25.0 Å². The number of tetrazole rings is 1. The number of hydrogen-bond donors (Lipinski definition) is 0. The maximum atomic E-state index is 12.3. The van der Waals surface area contributed by atoms with Crippen LogP contribution in [0.4, 0.5) is 0 Å². The molecule has 2 heterocycles. The maximum Gasteiger partial charge on any atom is 0.233 e. The van der Waals surface area contributed by atoms with Gasteiger partial charge in [0.1, 0.15) is 0 Å². The third-order valence-electron chi connectivity index (χ3n) is 3.59. The molecule has 0 saturated carbocycles. The molecule has 0 aliphatic carbocycles. The zero-order chi connectivity index (χ0) is 16.1. The number of carbonyl (C=O) groups is 1. The van der Waals surface area contributed by atoms with E-state index in [-0.39, 0.29) is 12.0 Å². The summed E-state index contributed by atoms with van der Waals surface area (Å²) in [6.45, 7) is 4.47. The fourth-order valence-electron chi connectivity index (χ4n) is 2.42. The summed E-state index contributed by atoms with van der Waals surface area (Å²) < 4.78 is 7.17. The number of thioether (sulfide) groups is 1. The molecule has 0 spiro atoms. The molecule has 8 heteroatoms. The van der Waals surface area contributed by atoms with E-state index < -0.39 is 0 Å². The molecule has 0 N–H and O–H groups in total. The van der Waals surface area contributed by atoms with Crippen LogP contribution in [0.5, 0.6) is 0 Å². The highest BCUT2D eigenvalue weighted by Crippen LogP contribution is 2.16. The van der Waals surface area contributed by atoms with Crippen LogP contribution in [-0.2, 0) is 16.1 Å². The fourth-order valence-corrected chi connectivity index (χ4v) is 3.20. The molecule has 2 aromatic rings. The van der Waals surface area contributed by atoms with Crippen molar-refractivity contribution in [2.24, 2.45) is 0 Å². The monoisotopic (exact) mass is 333 g/mol. The fraction of sp³-hybridized carbons (Fsp3) is 0.467. The molecule has 1 amide bonds. The molecule has 1 aromatic heterocycles. The van der Waals surface area contributed by atoms with Crippen LogP contribution < -0.4 is 0 Å². The predicted octanol–water partition coefficient (Wildman–Crippen LogP) is 1.06. The Morgan fingerprint density at radius 1 is 1.39 bits per heavy atom. The Hall–Kier alpha value is -1.93. The molecule has 1 aromatic carbocycles. The van der Waals surface area contributed by atoms with E-state index in [2.05, 4.69) is 15.5 Å². The average molecular weight is 333 g/mol. The van der Waals surface area contributed by atoms with Crippen molar-refractivity contribution in [3.63, 3.8) is 0 Å². The minimum absolute atomic E-state index is 0.0967. The van der Waals surface area contributed by atoms with E-state index in [1.54, 1.807) is 4.68 Å². The third-order valence-corrected chi connectivity index (χ3v) is 4.53. The molecule has 1 saturated heterocycles. The van der Waals surface area contributed by atoms with Gasteiger partial charge in [-0.15, -0.1) is 5.10 Å². The summed E-state index contributed by atoms with van der Waals surface area (Å²) in [6, 6.07) is 9.98. The van der Waals surface area contributed by atoms with Gasteiger partial charge in [0, 0.05) is 13.1 Å². The van der Waals surface area contributed by atoms with Crippen molar-refractivity contribution in [3.05, 3.63) is 35.9 Å². The van der Waals surface area contributed by atoms with Gasteiger partial charge in [0.25, 0.3) is 0 Å². The van der Waals surface area contributed by atoms with Gasteiger partial charge in [-0.3, -0.25) is 4.79 Å². The number of rotatable bonds is 5. The van der Waals surface area contributed by atoms with E-state index in [4.69, 9.17) is 4.74 Å². The van der Waals surface area contributed by atoms with Crippen LogP contribution in [-0.4, -0.2) is 62.6 Å². The Kier molecular flexibility index (Phi) is 5.24. The van der Waals surface area contributed by atoms with Gasteiger partial charge in [-0.25, -0.2) is 4.68 Å². The number of morpholine rings is 1. The normalized spacial score (nSPS) is 18.1. The maximum absolute atomic E-state index is 12.3.